The molecule has 0 aliphatic carbocycles. The summed E-state index contributed by atoms with van der Waals surface area (Å²) < 4.78 is 7.47. The van der Waals surface area contributed by atoms with Crippen LogP contribution in [0.5, 0.6) is 0 Å². The number of amides is 1. The summed E-state index contributed by atoms with van der Waals surface area (Å²) in [4.78, 5) is 19.2. The minimum Gasteiger partial charge on any atom is -0.420 e. The highest BCUT2D eigenvalue weighted by molar-refractivity contribution is 6.34. The summed E-state index contributed by atoms with van der Waals surface area (Å²) in [7, 11) is 0. The summed E-state index contributed by atoms with van der Waals surface area (Å²) >= 11 is 6.32. The minimum atomic E-state index is -0.0642. The summed E-state index contributed by atoms with van der Waals surface area (Å²) in [6.45, 7) is 2.43. The maximum Gasteiger partial charge on any atom is 0.268 e. The van der Waals surface area contributed by atoms with Gasteiger partial charge in [-0.05, 0) is 18.6 Å². The molecule has 7 nitrogen and oxygen atoms in total. The molecular formula is C16H12ClN5O2. The van der Waals surface area contributed by atoms with Crippen molar-refractivity contribution in [2.45, 2.75) is 19.4 Å². The number of imidazole rings is 1. The van der Waals surface area contributed by atoms with Crippen LogP contribution in [0.3, 0.4) is 0 Å². The highest BCUT2D eigenvalue weighted by atomic mass is 35.5. The molecule has 0 bridgehead atoms. The fourth-order valence-corrected chi connectivity index (χ4v) is 3.66. The lowest BCUT2D eigenvalue weighted by atomic mass is 9.97. The Morgan fingerprint density at radius 1 is 1.33 bits per heavy atom. The average molecular weight is 342 g/mol. The molecule has 2 aliphatic rings. The molecule has 0 radical (unpaired) electrons. The van der Waals surface area contributed by atoms with E-state index in [2.05, 4.69) is 15.2 Å². The van der Waals surface area contributed by atoms with Crippen LogP contribution in [0.4, 0.5) is 0 Å². The van der Waals surface area contributed by atoms with Gasteiger partial charge in [0, 0.05) is 13.5 Å². The first kappa shape index (κ1) is 13.7. The van der Waals surface area contributed by atoms with Gasteiger partial charge in [0.15, 0.2) is 5.69 Å². The second-order valence-corrected chi connectivity index (χ2v) is 6.32. The van der Waals surface area contributed by atoms with Crippen LogP contribution in [0.1, 0.15) is 34.4 Å². The summed E-state index contributed by atoms with van der Waals surface area (Å²) in [5.41, 5.74) is 2.74. The van der Waals surface area contributed by atoms with Gasteiger partial charge in [-0.2, -0.15) is 0 Å². The number of rotatable bonds is 1. The first-order valence-electron chi connectivity index (χ1n) is 7.62. The lowest BCUT2D eigenvalue weighted by Gasteiger charge is -2.39. The zero-order valence-corrected chi connectivity index (χ0v) is 13.5. The molecule has 0 spiro atoms. The Morgan fingerprint density at radius 3 is 2.92 bits per heavy atom. The summed E-state index contributed by atoms with van der Waals surface area (Å²) in [6, 6.07) is 5.37. The molecule has 120 valence electrons. The number of carbonyl (C=O) groups excluding carboxylic acids is 1. The Labute approximate surface area is 141 Å². The maximum atomic E-state index is 12.9. The highest BCUT2D eigenvalue weighted by Gasteiger charge is 2.43. The molecule has 1 unspecified atom stereocenters. The number of aromatic nitrogens is 4. The lowest BCUT2D eigenvalue weighted by molar-refractivity contribution is 0.0461. The van der Waals surface area contributed by atoms with E-state index in [0.29, 0.717) is 34.6 Å². The molecule has 1 atom stereocenters. The van der Waals surface area contributed by atoms with E-state index in [1.807, 2.05) is 21.6 Å². The summed E-state index contributed by atoms with van der Waals surface area (Å²) in [6.07, 6.45) is 2.55. The van der Waals surface area contributed by atoms with Crippen LogP contribution in [0.25, 0.3) is 17.3 Å². The van der Waals surface area contributed by atoms with E-state index in [4.69, 9.17) is 16.0 Å². The monoisotopic (exact) mass is 341 g/mol. The predicted molar refractivity (Wildman–Crippen MR) is 85.0 cm³/mol. The van der Waals surface area contributed by atoms with Crippen molar-refractivity contribution in [1.29, 1.82) is 0 Å². The van der Waals surface area contributed by atoms with Crippen molar-refractivity contribution in [3.8, 4) is 17.3 Å². The first-order valence-corrected chi connectivity index (χ1v) is 8.00. The predicted octanol–water partition coefficient (Wildman–Crippen LogP) is 2.78. The fraction of sp³-hybridized carbons (Fsp3) is 0.250. The third-order valence-electron chi connectivity index (χ3n) is 4.59. The van der Waals surface area contributed by atoms with Gasteiger partial charge >= 0.3 is 0 Å². The Kier molecular flexibility index (Phi) is 2.67. The van der Waals surface area contributed by atoms with Crippen LogP contribution in [-0.4, -0.2) is 37.1 Å². The third-order valence-corrected chi connectivity index (χ3v) is 4.91. The van der Waals surface area contributed by atoms with Gasteiger partial charge in [0.1, 0.15) is 6.33 Å². The zero-order valence-electron chi connectivity index (χ0n) is 12.7. The van der Waals surface area contributed by atoms with Crippen molar-refractivity contribution in [2.75, 3.05) is 6.54 Å². The molecule has 3 aromatic rings. The van der Waals surface area contributed by atoms with E-state index in [0.717, 1.165) is 17.8 Å². The molecular weight excluding hydrogens is 330 g/mol. The second kappa shape index (κ2) is 4.67. The van der Waals surface area contributed by atoms with Crippen molar-refractivity contribution in [3.05, 3.63) is 46.7 Å². The molecule has 2 aliphatic heterocycles. The smallest absolute Gasteiger partial charge is 0.268 e. The quantitative estimate of drug-likeness (QED) is 0.680. The van der Waals surface area contributed by atoms with Crippen molar-refractivity contribution in [2.24, 2.45) is 0 Å². The number of fused-ring (bicyclic) bond motifs is 5. The molecule has 0 N–H and O–H groups in total. The van der Waals surface area contributed by atoms with Gasteiger partial charge in [0.25, 0.3) is 11.8 Å². The Bertz CT molecular complexity index is 992. The number of halogens is 1. The van der Waals surface area contributed by atoms with E-state index < -0.39 is 0 Å². The van der Waals surface area contributed by atoms with Gasteiger partial charge in [0.05, 0.1) is 28.0 Å². The normalized spacial score (nSPS) is 18.5. The van der Waals surface area contributed by atoms with Gasteiger partial charge < -0.3 is 9.32 Å². The standard InChI is InChI=1S/C16H12ClN5O2/c1-8-19-20-15(24-8)13-14-11-5-6-21(11)16(23)12-9(17)3-2-4-10(12)22(14)7-18-13/h2-4,7,11H,5-6H2,1H3. The summed E-state index contributed by atoms with van der Waals surface area (Å²) in [5, 5.41) is 8.41. The van der Waals surface area contributed by atoms with Crippen LogP contribution in [0.15, 0.2) is 28.9 Å². The molecule has 1 amide bonds. The van der Waals surface area contributed by atoms with Crippen LogP contribution in [0.2, 0.25) is 5.02 Å². The van der Waals surface area contributed by atoms with Gasteiger partial charge in [-0.3, -0.25) is 9.36 Å². The highest BCUT2D eigenvalue weighted by Crippen LogP contribution is 2.44. The van der Waals surface area contributed by atoms with E-state index in [-0.39, 0.29) is 11.9 Å². The topological polar surface area (TPSA) is 77.1 Å². The Balaban J connectivity index is 1.81. The van der Waals surface area contributed by atoms with Crippen molar-refractivity contribution in [3.63, 3.8) is 0 Å². The van der Waals surface area contributed by atoms with E-state index in [1.165, 1.54) is 0 Å². The number of benzene rings is 1. The van der Waals surface area contributed by atoms with Gasteiger partial charge in [-0.1, -0.05) is 17.7 Å². The number of aryl methyl sites for hydroxylation is 1. The van der Waals surface area contributed by atoms with Crippen LogP contribution in [-0.2, 0) is 0 Å². The summed E-state index contributed by atoms with van der Waals surface area (Å²) in [5.74, 6) is 0.791. The first-order chi connectivity index (χ1) is 11.6. The molecule has 8 heteroatoms. The second-order valence-electron chi connectivity index (χ2n) is 5.91. The molecule has 1 fully saturated rings. The largest absolute Gasteiger partial charge is 0.420 e. The number of hydrogen-bond donors (Lipinski definition) is 0. The van der Waals surface area contributed by atoms with Crippen LogP contribution >= 0.6 is 11.6 Å². The lowest BCUT2D eigenvalue weighted by Crippen LogP contribution is -2.44. The van der Waals surface area contributed by atoms with Gasteiger partial charge in [0.2, 0.25) is 5.89 Å². The molecule has 24 heavy (non-hydrogen) atoms. The molecule has 1 aromatic carbocycles. The van der Waals surface area contributed by atoms with Crippen molar-refractivity contribution >= 4 is 17.5 Å². The average Bonchev–Trinajstić information content (AvgIpc) is 3.10. The van der Waals surface area contributed by atoms with E-state index >= 15 is 0 Å². The van der Waals surface area contributed by atoms with Gasteiger partial charge in [-0.25, -0.2) is 4.98 Å². The third kappa shape index (κ3) is 1.67. The van der Waals surface area contributed by atoms with E-state index in [1.54, 1.807) is 19.3 Å². The molecule has 1 saturated heterocycles. The zero-order chi connectivity index (χ0) is 16.4. The number of nitrogens with zero attached hydrogens (tertiary/aromatic N) is 5. The molecule has 0 saturated carbocycles. The number of carbonyl (C=O) groups is 1. The Morgan fingerprint density at radius 2 is 2.21 bits per heavy atom. The minimum absolute atomic E-state index is 0.0526. The van der Waals surface area contributed by atoms with Crippen molar-refractivity contribution in [1.82, 2.24) is 24.6 Å². The fourth-order valence-electron chi connectivity index (χ4n) is 3.41. The van der Waals surface area contributed by atoms with E-state index in [9.17, 15) is 4.79 Å². The molecule has 4 heterocycles. The Hall–Kier alpha value is -2.67. The van der Waals surface area contributed by atoms with Crippen molar-refractivity contribution < 1.29 is 9.21 Å². The molecule has 5 rings (SSSR count). The van der Waals surface area contributed by atoms with Crippen LogP contribution in [0, 0.1) is 6.92 Å². The van der Waals surface area contributed by atoms with Crippen LogP contribution < -0.4 is 0 Å². The SMILES string of the molecule is Cc1nnc(-c2ncn3c2C2CCN2C(=O)c2c(Cl)cccc2-3)o1. The maximum absolute atomic E-state index is 12.9. The van der Waals surface area contributed by atoms with Gasteiger partial charge in [-0.15, -0.1) is 10.2 Å². The molecule has 2 aromatic heterocycles. The number of hydrogen-bond acceptors (Lipinski definition) is 5.